The van der Waals surface area contributed by atoms with Crippen LogP contribution in [0.1, 0.15) is 28.8 Å². The standard InChI is InChI=1S/C21H21ClN2O5/c1-13-6-9-16(22)18(10-13)28-12-20(26)29-11-19(25)24-17-5-3-2-4-15(17)21(27)23-14-7-8-14/h2-6,9-10,14H,7-8,11-12H2,1H3,(H,23,27)(H,24,25). The van der Waals surface area contributed by atoms with Gasteiger partial charge in [0.25, 0.3) is 11.8 Å². The minimum absolute atomic E-state index is 0.203. The van der Waals surface area contributed by atoms with Gasteiger partial charge in [0.2, 0.25) is 0 Å². The van der Waals surface area contributed by atoms with E-state index in [0.29, 0.717) is 22.0 Å². The van der Waals surface area contributed by atoms with Gasteiger partial charge in [0.15, 0.2) is 13.2 Å². The van der Waals surface area contributed by atoms with E-state index in [1.54, 1.807) is 36.4 Å². The third-order valence-corrected chi connectivity index (χ3v) is 4.47. The number of esters is 1. The molecule has 2 aromatic rings. The van der Waals surface area contributed by atoms with Gasteiger partial charge in [-0.1, -0.05) is 29.8 Å². The van der Waals surface area contributed by atoms with E-state index in [1.165, 1.54) is 0 Å². The second-order valence-corrected chi connectivity index (χ2v) is 7.13. The molecule has 8 heteroatoms. The number of nitrogens with one attached hydrogen (secondary N) is 2. The molecule has 0 aromatic heterocycles. The van der Waals surface area contributed by atoms with Crippen molar-refractivity contribution in [3.05, 3.63) is 58.6 Å². The van der Waals surface area contributed by atoms with Crippen molar-refractivity contribution in [1.82, 2.24) is 5.32 Å². The van der Waals surface area contributed by atoms with Crippen molar-refractivity contribution < 1.29 is 23.9 Å². The van der Waals surface area contributed by atoms with Gasteiger partial charge in [-0.25, -0.2) is 4.79 Å². The average Bonchev–Trinajstić information content (AvgIpc) is 3.51. The summed E-state index contributed by atoms with van der Waals surface area (Å²) in [5, 5.41) is 5.84. The molecule has 0 saturated heterocycles. The molecular formula is C21H21ClN2O5. The molecule has 1 saturated carbocycles. The van der Waals surface area contributed by atoms with Gasteiger partial charge >= 0.3 is 5.97 Å². The molecule has 0 atom stereocenters. The van der Waals surface area contributed by atoms with Crippen LogP contribution in [0.2, 0.25) is 5.02 Å². The Kier molecular flexibility index (Phi) is 6.72. The van der Waals surface area contributed by atoms with Crippen molar-refractivity contribution in [2.24, 2.45) is 0 Å². The number of para-hydroxylation sites is 1. The van der Waals surface area contributed by atoms with Crippen LogP contribution in [0.15, 0.2) is 42.5 Å². The molecule has 1 aliphatic carbocycles. The molecule has 3 rings (SSSR count). The zero-order valence-corrected chi connectivity index (χ0v) is 16.6. The first-order chi connectivity index (χ1) is 13.9. The van der Waals surface area contributed by atoms with Crippen molar-refractivity contribution in [1.29, 1.82) is 0 Å². The molecule has 0 aliphatic heterocycles. The van der Waals surface area contributed by atoms with Crippen LogP contribution in [0.5, 0.6) is 5.75 Å². The lowest BCUT2D eigenvalue weighted by molar-refractivity contribution is -0.149. The number of rotatable bonds is 8. The Morgan fingerprint density at radius 2 is 1.86 bits per heavy atom. The van der Waals surface area contributed by atoms with E-state index >= 15 is 0 Å². The fraction of sp³-hybridized carbons (Fsp3) is 0.286. The number of anilines is 1. The van der Waals surface area contributed by atoms with Gasteiger partial charge in [0.05, 0.1) is 16.3 Å². The maximum atomic E-state index is 12.3. The Morgan fingerprint density at radius 1 is 1.10 bits per heavy atom. The number of hydrogen-bond acceptors (Lipinski definition) is 5. The highest BCUT2D eigenvalue weighted by atomic mass is 35.5. The molecule has 7 nitrogen and oxygen atoms in total. The van der Waals surface area contributed by atoms with E-state index in [2.05, 4.69) is 10.6 Å². The van der Waals surface area contributed by atoms with E-state index < -0.39 is 18.5 Å². The second kappa shape index (κ2) is 9.43. The SMILES string of the molecule is Cc1ccc(Cl)c(OCC(=O)OCC(=O)Nc2ccccc2C(=O)NC2CC2)c1. The monoisotopic (exact) mass is 416 g/mol. The first-order valence-electron chi connectivity index (χ1n) is 9.16. The smallest absolute Gasteiger partial charge is 0.344 e. The summed E-state index contributed by atoms with van der Waals surface area (Å²) in [5.41, 5.74) is 1.65. The number of carbonyl (C=O) groups is 3. The molecular weight excluding hydrogens is 396 g/mol. The molecule has 0 heterocycles. The van der Waals surface area contributed by atoms with Crippen molar-refractivity contribution in [3.8, 4) is 5.75 Å². The van der Waals surface area contributed by atoms with Crippen LogP contribution >= 0.6 is 11.6 Å². The van der Waals surface area contributed by atoms with Gasteiger partial charge in [-0.15, -0.1) is 0 Å². The lowest BCUT2D eigenvalue weighted by Crippen LogP contribution is -2.28. The highest BCUT2D eigenvalue weighted by Crippen LogP contribution is 2.25. The second-order valence-electron chi connectivity index (χ2n) is 6.72. The summed E-state index contributed by atoms with van der Waals surface area (Å²) in [5.74, 6) is -1.15. The lowest BCUT2D eigenvalue weighted by Gasteiger charge is -2.12. The topological polar surface area (TPSA) is 93.7 Å². The molecule has 1 fully saturated rings. The van der Waals surface area contributed by atoms with E-state index in [1.807, 2.05) is 13.0 Å². The lowest BCUT2D eigenvalue weighted by atomic mass is 10.1. The number of halogens is 1. The van der Waals surface area contributed by atoms with Crippen molar-refractivity contribution in [2.45, 2.75) is 25.8 Å². The van der Waals surface area contributed by atoms with E-state index in [-0.39, 0.29) is 18.6 Å². The van der Waals surface area contributed by atoms with Crippen LogP contribution in [0.4, 0.5) is 5.69 Å². The number of ether oxygens (including phenoxy) is 2. The fourth-order valence-corrected chi connectivity index (χ4v) is 2.68. The van der Waals surface area contributed by atoms with Gasteiger partial charge in [-0.3, -0.25) is 9.59 Å². The maximum Gasteiger partial charge on any atom is 0.344 e. The normalized spacial score (nSPS) is 12.8. The maximum absolute atomic E-state index is 12.3. The van der Waals surface area contributed by atoms with Crippen LogP contribution in [0.25, 0.3) is 0 Å². The summed E-state index contributed by atoms with van der Waals surface area (Å²) in [6, 6.07) is 12.0. The van der Waals surface area contributed by atoms with Crippen LogP contribution in [-0.4, -0.2) is 37.0 Å². The molecule has 0 spiro atoms. The minimum atomic E-state index is -0.711. The Hall–Kier alpha value is -3.06. The Morgan fingerprint density at radius 3 is 2.62 bits per heavy atom. The average molecular weight is 417 g/mol. The molecule has 29 heavy (non-hydrogen) atoms. The molecule has 152 valence electrons. The van der Waals surface area contributed by atoms with Crippen molar-refractivity contribution in [3.63, 3.8) is 0 Å². The molecule has 0 radical (unpaired) electrons. The summed E-state index contributed by atoms with van der Waals surface area (Å²) < 4.78 is 10.3. The molecule has 2 aromatic carbocycles. The van der Waals surface area contributed by atoms with Crippen molar-refractivity contribution >= 4 is 35.1 Å². The third kappa shape index (κ3) is 6.22. The highest BCUT2D eigenvalue weighted by molar-refractivity contribution is 6.32. The Bertz CT molecular complexity index is 927. The Balaban J connectivity index is 1.48. The zero-order valence-electron chi connectivity index (χ0n) is 15.9. The van der Waals surface area contributed by atoms with E-state index in [0.717, 1.165) is 18.4 Å². The number of carbonyl (C=O) groups excluding carboxylic acids is 3. The van der Waals surface area contributed by atoms with E-state index in [9.17, 15) is 14.4 Å². The van der Waals surface area contributed by atoms with Gasteiger partial charge in [0, 0.05) is 6.04 Å². The van der Waals surface area contributed by atoms with Gasteiger partial charge in [-0.05, 0) is 49.6 Å². The number of aryl methyl sites for hydroxylation is 1. The summed E-state index contributed by atoms with van der Waals surface area (Å²) in [7, 11) is 0. The summed E-state index contributed by atoms with van der Waals surface area (Å²) in [6.07, 6.45) is 1.93. The first-order valence-corrected chi connectivity index (χ1v) is 9.54. The van der Waals surface area contributed by atoms with Crippen LogP contribution in [0.3, 0.4) is 0 Å². The summed E-state index contributed by atoms with van der Waals surface area (Å²) >= 11 is 6.00. The molecule has 2 amide bonds. The molecule has 0 bridgehead atoms. The van der Waals surface area contributed by atoms with Gasteiger partial charge < -0.3 is 20.1 Å². The largest absolute Gasteiger partial charge is 0.480 e. The summed E-state index contributed by atoms with van der Waals surface area (Å²) in [4.78, 5) is 36.2. The molecule has 0 unspecified atom stereocenters. The van der Waals surface area contributed by atoms with Crippen LogP contribution in [0, 0.1) is 6.92 Å². The predicted octanol–water partition coefficient (Wildman–Crippen LogP) is 3.10. The van der Waals surface area contributed by atoms with Gasteiger partial charge in [0.1, 0.15) is 5.75 Å². The predicted molar refractivity (Wildman–Crippen MR) is 108 cm³/mol. The quantitative estimate of drug-likeness (QED) is 0.645. The van der Waals surface area contributed by atoms with Gasteiger partial charge in [-0.2, -0.15) is 0 Å². The van der Waals surface area contributed by atoms with E-state index in [4.69, 9.17) is 21.1 Å². The minimum Gasteiger partial charge on any atom is -0.480 e. The zero-order chi connectivity index (χ0) is 20.8. The Labute approximate surface area is 173 Å². The molecule has 1 aliphatic rings. The number of benzene rings is 2. The number of hydrogen-bond donors (Lipinski definition) is 2. The first kappa shape index (κ1) is 20.7. The highest BCUT2D eigenvalue weighted by Gasteiger charge is 2.25. The number of amides is 2. The van der Waals surface area contributed by atoms with Crippen LogP contribution < -0.4 is 15.4 Å². The third-order valence-electron chi connectivity index (χ3n) is 4.15. The van der Waals surface area contributed by atoms with Crippen molar-refractivity contribution in [2.75, 3.05) is 18.5 Å². The van der Waals surface area contributed by atoms with Crippen LogP contribution in [-0.2, 0) is 14.3 Å². The molecule has 2 N–H and O–H groups in total. The summed E-state index contributed by atoms with van der Waals surface area (Å²) in [6.45, 7) is 0.994. The fourth-order valence-electron chi connectivity index (χ4n) is 2.51.